The summed E-state index contributed by atoms with van der Waals surface area (Å²) in [5.74, 6) is 0.569. The van der Waals surface area contributed by atoms with Gasteiger partial charge in [-0.3, -0.25) is 0 Å². The van der Waals surface area contributed by atoms with E-state index in [1.54, 1.807) is 0 Å². The summed E-state index contributed by atoms with van der Waals surface area (Å²) in [6.07, 6.45) is 0. The second-order valence-corrected chi connectivity index (χ2v) is 18.6. The van der Waals surface area contributed by atoms with Gasteiger partial charge in [0.1, 0.15) is 5.69 Å². The van der Waals surface area contributed by atoms with Crippen LogP contribution in [0.5, 0.6) is 0 Å². The third kappa shape index (κ3) is 6.55. The van der Waals surface area contributed by atoms with Gasteiger partial charge in [0.05, 0.1) is 22.5 Å². The Labute approximate surface area is 413 Å². The summed E-state index contributed by atoms with van der Waals surface area (Å²) in [7, 11) is 0. The normalized spacial score (nSPS) is 12.6. The third-order valence-corrected chi connectivity index (χ3v) is 14.6. The second-order valence-electron chi connectivity index (χ2n) is 18.6. The van der Waals surface area contributed by atoms with Gasteiger partial charge in [-0.2, -0.15) is 0 Å². The van der Waals surface area contributed by atoms with Gasteiger partial charge < -0.3 is 0 Å². The zero-order valence-electron chi connectivity index (χ0n) is 38.7. The molecule has 2 aliphatic carbocycles. The number of fused-ring (bicyclic) bond motifs is 12. The van der Waals surface area contributed by atoms with E-state index in [0.29, 0.717) is 5.82 Å². The Morgan fingerprint density at radius 1 is 0.239 bits per heavy atom. The fourth-order valence-electron chi connectivity index (χ4n) is 11.5. The van der Waals surface area contributed by atoms with Gasteiger partial charge in [0, 0.05) is 27.6 Å². The van der Waals surface area contributed by atoms with Crippen molar-refractivity contribution < 1.29 is 0 Å². The lowest BCUT2D eigenvalue weighted by atomic mass is 9.69. The van der Waals surface area contributed by atoms with Gasteiger partial charge in [0.15, 0.2) is 5.82 Å². The molecule has 0 bridgehead atoms. The largest absolute Gasteiger partial charge is 0.243 e. The van der Waals surface area contributed by atoms with E-state index in [1.807, 2.05) is 0 Å². The highest BCUT2D eigenvalue weighted by Gasteiger charge is 2.53. The summed E-state index contributed by atoms with van der Waals surface area (Å²) in [5.41, 5.74) is 22.4. The molecule has 3 heteroatoms. The fourth-order valence-corrected chi connectivity index (χ4v) is 11.5. The van der Waals surface area contributed by atoms with Crippen molar-refractivity contribution in [3.05, 3.63) is 283 Å². The molecular formula is C68H43N3. The minimum atomic E-state index is -0.560. The van der Waals surface area contributed by atoms with Gasteiger partial charge in [0.25, 0.3) is 0 Å². The van der Waals surface area contributed by atoms with Gasteiger partial charge >= 0.3 is 0 Å². The SMILES string of the molecule is c1ccc(-c2cc(-c3ccccc3)cc(-c3cc(-c4cc(-c5ccccc5)cc(-c5ccccc5)c4)nc(-c4nc5c(c6ccccc46)C4(c6ccccc6-c6ccccc64)c4ccccc4-5)n3)c2)cc1. The smallest absolute Gasteiger partial charge is 0.179 e. The molecule has 12 aromatic rings. The molecule has 0 amide bonds. The number of rotatable bonds is 7. The van der Waals surface area contributed by atoms with Gasteiger partial charge in [-0.25, -0.2) is 15.0 Å². The van der Waals surface area contributed by atoms with E-state index >= 15 is 0 Å². The predicted molar refractivity (Wildman–Crippen MR) is 292 cm³/mol. The molecule has 2 aromatic heterocycles. The molecule has 0 unspecified atom stereocenters. The molecular weight excluding hydrogens is 859 g/mol. The Hall–Kier alpha value is -9.31. The lowest BCUT2D eigenvalue weighted by Gasteiger charge is -2.31. The van der Waals surface area contributed by atoms with Gasteiger partial charge in [-0.05, 0) is 120 Å². The van der Waals surface area contributed by atoms with Gasteiger partial charge in [0.2, 0.25) is 0 Å². The first-order chi connectivity index (χ1) is 35.2. The second kappa shape index (κ2) is 16.4. The van der Waals surface area contributed by atoms with Gasteiger partial charge in [-0.1, -0.05) is 218 Å². The molecule has 3 nitrogen and oxygen atoms in total. The van der Waals surface area contributed by atoms with Crippen LogP contribution in [0.2, 0.25) is 0 Å². The van der Waals surface area contributed by atoms with E-state index < -0.39 is 5.41 Å². The Morgan fingerprint density at radius 3 is 1.01 bits per heavy atom. The molecule has 0 saturated carbocycles. The number of pyridine rings is 1. The molecule has 0 fully saturated rings. The van der Waals surface area contributed by atoms with Crippen molar-refractivity contribution in [1.82, 2.24) is 15.0 Å². The van der Waals surface area contributed by atoms with E-state index in [-0.39, 0.29) is 0 Å². The molecule has 0 N–H and O–H groups in total. The zero-order valence-corrected chi connectivity index (χ0v) is 38.7. The minimum Gasteiger partial charge on any atom is -0.243 e. The van der Waals surface area contributed by atoms with Crippen LogP contribution in [-0.2, 0) is 5.41 Å². The lowest BCUT2D eigenvalue weighted by Crippen LogP contribution is -2.26. The maximum Gasteiger partial charge on any atom is 0.179 e. The van der Waals surface area contributed by atoms with Crippen LogP contribution < -0.4 is 0 Å². The molecule has 14 rings (SSSR count). The van der Waals surface area contributed by atoms with Crippen molar-refractivity contribution in [2.75, 3.05) is 0 Å². The van der Waals surface area contributed by atoms with E-state index in [4.69, 9.17) is 15.0 Å². The first-order valence-electron chi connectivity index (χ1n) is 24.3. The number of benzene rings is 10. The van der Waals surface area contributed by atoms with E-state index in [2.05, 4.69) is 261 Å². The van der Waals surface area contributed by atoms with Crippen molar-refractivity contribution in [3.8, 4) is 101 Å². The average Bonchev–Trinajstić information content (AvgIpc) is 3.93. The predicted octanol–water partition coefficient (Wildman–Crippen LogP) is 17.0. The molecule has 0 aliphatic heterocycles. The summed E-state index contributed by atoms with van der Waals surface area (Å²) in [5, 5.41) is 2.15. The van der Waals surface area contributed by atoms with E-state index in [0.717, 1.165) is 94.7 Å². The quantitative estimate of drug-likeness (QED) is 0.160. The molecule has 0 atom stereocenters. The Balaban J connectivity index is 1.07. The zero-order chi connectivity index (χ0) is 46.9. The van der Waals surface area contributed by atoms with Crippen LogP contribution in [0, 0.1) is 0 Å². The highest BCUT2D eigenvalue weighted by molar-refractivity contribution is 6.06. The number of aromatic nitrogens is 3. The molecule has 0 saturated heterocycles. The maximum absolute atomic E-state index is 5.86. The minimum absolute atomic E-state index is 0.560. The lowest BCUT2D eigenvalue weighted by molar-refractivity contribution is 0.799. The molecule has 71 heavy (non-hydrogen) atoms. The average molecular weight is 902 g/mol. The van der Waals surface area contributed by atoms with Crippen LogP contribution >= 0.6 is 0 Å². The molecule has 0 radical (unpaired) electrons. The van der Waals surface area contributed by atoms with Crippen LogP contribution in [0.15, 0.2) is 261 Å². The highest BCUT2D eigenvalue weighted by Crippen LogP contribution is 2.64. The Morgan fingerprint density at radius 2 is 0.577 bits per heavy atom. The number of nitrogens with zero attached hydrogens (tertiary/aromatic N) is 3. The van der Waals surface area contributed by atoms with Crippen molar-refractivity contribution in [3.63, 3.8) is 0 Å². The Bertz CT molecular complexity index is 3730. The molecule has 2 heterocycles. The van der Waals surface area contributed by atoms with Gasteiger partial charge in [-0.15, -0.1) is 0 Å². The van der Waals surface area contributed by atoms with E-state index in [9.17, 15) is 0 Å². The first-order valence-corrected chi connectivity index (χ1v) is 24.3. The maximum atomic E-state index is 5.86. The fraction of sp³-hybridized carbons (Fsp3) is 0.0147. The monoisotopic (exact) mass is 901 g/mol. The standard InChI is InChI=1S/C68H43N3/c1-5-21-44(22-6-1)48-37-49(45-23-7-2-8-24-45)40-52(39-48)62-43-63(53-41-50(46-25-9-3-10-26-46)38-51(42-53)47-27-11-4-12-28-47)70-67(69-62)66-57-32-14-13-31-56(57)64-65(71-66)58-33-17-20-36-61(58)68(64)59-34-18-15-29-54(59)55-30-16-19-35-60(55)68/h1-43H. The topological polar surface area (TPSA) is 38.7 Å². The summed E-state index contributed by atoms with van der Waals surface area (Å²) < 4.78 is 0. The molecule has 2 aliphatic rings. The molecule has 1 spiro atoms. The van der Waals surface area contributed by atoms with Crippen LogP contribution in [0.4, 0.5) is 0 Å². The third-order valence-electron chi connectivity index (χ3n) is 14.6. The van der Waals surface area contributed by atoms with Crippen LogP contribution in [-0.4, -0.2) is 15.0 Å². The van der Waals surface area contributed by atoms with Crippen molar-refractivity contribution in [1.29, 1.82) is 0 Å². The highest BCUT2D eigenvalue weighted by atomic mass is 14.9. The number of hydrogen-bond acceptors (Lipinski definition) is 3. The van der Waals surface area contributed by atoms with Crippen molar-refractivity contribution >= 4 is 10.8 Å². The summed E-state index contributed by atoms with van der Waals surface area (Å²) in [6, 6.07) is 93.9. The van der Waals surface area contributed by atoms with Crippen molar-refractivity contribution in [2.45, 2.75) is 5.41 Å². The van der Waals surface area contributed by atoms with Crippen LogP contribution in [0.1, 0.15) is 22.3 Å². The molecule has 330 valence electrons. The van der Waals surface area contributed by atoms with Crippen LogP contribution in [0.25, 0.3) is 112 Å². The number of hydrogen-bond donors (Lipinski definition) is 0. The van der Waals surface area contributed by atoms with E-state index in [1.165, 1.54) is 33.4 Å². The Kier molecular flexibility index (Phi) is 9.43. The first kappa shape index (κ1) is 40.7. The van der Waals surface area contributed by atoms with Crippen LogP contribution in [0.3, 0.4) is 0 Å². The summed E-state index contributed by atoms with van der Waals surface area (Å²) in [4.78, 5) is 17.2. The molecule has 10 aromatic carbocycles. The summed E-state index contributed by atoms with van der Waals surface area (Å²) >= 11 is 0. The summed E-state index contributed by atoms with van der Waals surface area (Å²) in [6.45, 7) is 0. The van der Waals surface area contributed by atoms with Crippen molar-refractivity contribution in [2.24, 2.45) is 0 Å².